The molecule has 2 aromatic heterocycles. The van der Waals surface area contributed by atoms with E-state index in [1.165, 1.54) is 4.90 Å². The van der Waals surface area contributed by atoms with Crippen LogP contribution in [0, 0.1) is 11.8 Å². The third kappa shape index (κ3) is 6.47. The number of hydrogen-bond donors (Lipinski definition) is 3. The molecule has 4 aromatic rings. The van der Waals surface area contributed by atoms with Crippen LogP contribution in [-0.2, 0) is 16.0 Å². The Morgan fingerprint density at radius 1 is 0.976 bits per heavy atom. The van der Waals surface area contributed by atoms with Gasteiger partial charge in [-0.25, -0.2) is 9.88 Å². The van der Waals surface area contributed by atoms with Crippen molar-refractivity contribution in [3.8, 4) is 28.4 Å². The number of nitrogens with zero attached hydrogens (tertiary/aromatic N) is 5. The summed E-state index contributed by atoms with van der Waals surface area (Å²) >= 11 is 0. The molecule has 0 aliphatic heterocycles. The second-order valence-corrected chi connectivity index (χ2v) is 10.3. The third-order valence-electron chi connectivity index (χ3n) is 7.70. The summed E-state index contributed by atoms with van der Waals surface area (Å²) in [5.41, 5.74) is 16.3. The number of H-pyrrole nitrogens is 1. The average Bonchev–Trinajstić information content (AvgIpc) is 3.57. The normalized spacial score (nSPS) is 17.5. The number of carbonyl (C=O) groups is 2. The van der Waals surface area contributed by atoms with Crippen LogP contribution in [0.3, 0.4) is 0 Å². The quantitative estimate of drug-likeness (QED) is 0.282. The Morgan fingerprint density at radius 3 is 2.24 bits per heavy atom. The lowest BCUT2D eigenvalue weighted by molar-refractivity contribution is -0.130. The van der Waals surface area contributed by atoms with Gasteiger partial charge in [0.05, 0.1) is 18.8 Å². The number of tetrazole rings is 1. The number of ether oxygens (including phenoxy) is 1. The summed E-state index contributed by atoms with van der Waals surface area (Å²) in [6.45, 7) is 0.611. The van der Waals surface area contributed by atoms with Gasteiger partial charge in [0, 0.05) is 29.3 Å². The molecule has 1 aliphatic rings. The Hall–Kier alpha value is -4.48. The van der Waals surface area contributed by atoms with Gasteiger partial charge in [-0.1, -0.05) is 24.3 Å². The van der Waals surface area contributed by atoms with E-state index < -0.39 is 11.9 Å². The Morgan fingerprint density at radius 2 is 1.66 bits per heavy atom. The number of carbonyl (C=O) groups excluding carboxylic acids is 2. The summed E-state index contributed by atoms with van der Waals surface area (Å²) < 4.78 is 5.13. The Balaban J connectivity index is 1.34. The smallest absolute Gasteiger partial charge is 0.251 e. The van der Waals surface area contributed by atoms with Crippen molar-refractivity contribution in [3.05, 3.63) is 72.4 Å². The lowest BCUT2D eigenvalue weighted by atomic mass is 9.81. The fourth-order valence-electron chi connectivity index (χ4n) is 5.25. The maximum absolute atomic E-state index is 13.8. The number of amides is 2. The van der Waals surface area contributed by atoms with Gasteiger partial charge < -0.3 is 16.2 Å². The highest BCUT2D eigenvalue weighted by Crippen LogP contribution is 2.32. The minimum atomic E-state index is -0.912. The van der Waals surface area contributed by atoms with Gasteiger partial charge in [0.1, 0.15) is 0 Å². The number of aromatic amines is 1. The van der Waals surface area contributed by atoms with E-state index in [1.54, 1.807) is 43.6 Å². The number of anilines is 1. The van der Waals surface area contributed by atoms with Gasteiger partial charge in [-0.05, 0) is 91.2 Å². The van der Waals surface area contributed by atoms with E-state index in [9.17, 15) is 9.59 Å². The van der Waals surface area contributed by atoms with Crippen molar-refractivity contribution in [2.24, 2.45) is 23.3 Å². The molecule has 41 heavy (non-hydrogen) atoms. The van der Waals surface area contributed by atoms with E-state index in [1.807, 2.05) is 30.3 Å². The summed E-state index contributed by atoms with van der Waals surface area (Å²) in [5.74, 6) is 0.458. The van der Waals surface area contributed by atoms with Crippen LogP contribution >= 0.6 is 0 Å². The van der Waals surface area contributed by atoms with Gasteiger partial charge in [-0.15, -0.1) is 10.2 Å². The average molecular weight is 555 g/mol. The maximum Gasteiger partial charge on any atom is 0.251 e. The van der Waals surface area contributed by atoms with E-state index in [-0.39, 0.29) is 18.2 Å². The molecule has 2 aromatic carbocycles. The first kappa shape index (κ1) is 28.1. The molecule has 1 atom stereocenters. The van der Waals surface area contributed by atoms with Crippen LogP contribution in [0.1, 0.15) is 31.2 Å². The van der Waals surface area contributed by atoms with Gasteiger partial charge in [-0.3, -0.25) is 9.59 Å². The molecule has 0 bridgehead atoms. The fourth-order valence-corrected chi connectivity index (χ4v) is 5.25. The zero-order chi connectivity index (χ0) is 28.8. The zero-order valence-electron chi connectivity index (χ0n) is 22.9. The van der Waals surface area contributed by atoms with Crippen molar-refractivity contribution in [3.63, 3.8) is 0 Å². The van der Waals surface area contributed by atoms with Crippen LogP contribution in [-0.4, -0.2) is 57.1 Å². The highest BCUT2D eigenvalue weighted by molar-refractivity contribution is 6.17. The molecule has 1 saturated carbocycles. The maximum atomic E-state index is 13.8. The monoisotopic (exact) mass is 554 g/mol. The highest BCUT2D eigenvalue weighted by Gasteiger charge is 2.35. The summed E-state index contributed by atoms with van der Waals surface area (Å²) in [4.78, 5) is 33.1. The SMILES string of the molecule is COc1ccc(-c2ccc(C[C@H](N)C(=O)N(C(=O)C3CCC(CN)CC3)c3ccc(-c4nn[nH]n4)cc3)cc2)cn1. The Labute approximate surface area is 238 Å². The predicted octanol–water partition coefficient (Wildman–Crippen LogP) is 3.13. The first-order valence-corrected chi connectivity index (χ1v) is 13.7. The first-order chi connectivity index (χ1) is 20.0. The number of imide groups is 1. The molecule has 0 saturated heterocycles. The third-order valence-corrected chi connectivity index (χ3v) is 7.70. The van der Waals surface area contributed by atoms with E-state index >= 15 is 0 Å². The number of benzene rings is 2. The lowest BCUT2D eigenvalue weighted by Gasteiger charge is -2.32. The summed E-state index contributed by atoms with van der Waals surface area (Å²) in [6, 6.07) is 17.6. The molecule has 1 aliphatic carbocycles. The van der Waals surface area contributed by atoms with Crippen LogP contribution in [0.15, 0.2) is 66.9 Å². The second-order valence-electron chi connectivity index (χ2n) is 10.3. The fraction of sp³-hybridized carbons (Fsp3) is 0.333. The van der Waals surface area contributed by atoms with Crippen molar-refractivity contribution in [1.82, 2.24) is 25.6 Å². The van der Waals surface area contributed by atoms with Crippen molar-refractivity contribution in [1.29, 1.82) is 0 Å². The lowest BCUT2D eigenvalue weighted by Crippen LogP contribution is -2.50. The number of rotatable bonds is 9. The van der Waals surface area contributed by atoms with Gasteiger partial charge in [0.2, 0.25) is 17.6 Å². The molecule has 2 amide bonds. The first-order valence-electron chi connectivity index (χ1n) is 13.7. The molecule has 0 radical (unpaired) electrons. The minimum absolute atomic E-state index is 0.226. The zero-order valence-corrected chi connectivity index (χ0v) is 22.9. The van der Waals surface area contributed by atoms with Crippen LogP contribution in [0.25, 0.3) is 22.5 Å². The van der Waals surface area contributed by atoms with E-state index in [0.717, 1.165) is 29.5 Å². The summed E-state index contributed by atoms with van der Waals surface area (Å²) in [5, 5.41) is 14.0. The van der Waals surface area contributed by atoms with Crippen molar-refractivity contribution >= 4 is 17.5 Å². The van der Waals surface area contributed by atoms with Crippen molar-refractivity contribution in [2.45, 2.75) is 38.1 Å². The standard InChI is InChI=1S/C30H34N8O3/c1-41-27-15-12-24(18-33-27)21-6-2-19(3-7-21)16-26(32)30(40)38(29(39)23-8-4-20(17-31)5-9-23)25-13-10-22(11-14-25)28-34-36-37-35-28/h2-3,6-7,10-15,18,20,23,26H,4-5,8-9,16-17,31-32H2,1H3,(H,34,35,36,37)/t20?,23?,26-/m0/s1. The molecular formula is C30H34N8O3. The van der Waals surface area contributed by atoms with Crippen LogP contribution in [0.4, 0.5) is 5.69 Å². The van der Waals surface area contributed by atoms with Crippen molar-refractivity contribution < 1.29 is 14.3 Å². The van der Waals surface area contributed by atoms with E-state index in [2.05, 4.69) is 25.6 Å². The molecule has 2 heterocycles. The predicted molar refractivity (Wildman–Crippen MR) is 155 cm³/mol. The molecular weight excluding hydrogens is 520 g/mol. The van der Waals surface area contributed by atoms with E-state index in [0.29, 0.717) is 48.3 Å². The minimum Gasteiger partial charge on any atom is -0.481 e. The summed E-state index contributed by atoms with van der Waals surface area (Å²) in [7, 11) is 1.58. The molecule has 0 spiro atoms. The summed E-state index contributed by atoms with van der Waals surface area (Å²) in [6.07, 6.45) is 5.16. The van der Waals surface area contributed by atoms with Gasteiger partial charge >= 0.3 is 0 Å². The number of hydrogen-bond acceptors (Lipinski definition) is 9. The van der Waals surface area contributed by atoms with Gasteiger partial charge in [0.15, 0.2) is 0 Å². The molecule has 212 valence electrons. The highest BCUT2D eigenvalue weighted by atomic mass is 16.5. The number of pyridine rings is 1. The van der Waals surface area contributed by atoms with Crippen LogP contribution in [0.5, 0.6) is 5.88 Å². The topological polar surface area (TPSA) is 166 Å². The largest absolute Gasteiger partial charge is 0.481 e. The molecule has 1 fully saturated rings. The van der Waals surface area contributed by atoms with Gasteiger partial charge in [-0.2, -0.15) is 5.21 Å². The number of aromatic nitrogens is 5. The van der Waals surface area contributed by atoms with Crippen LogP contribution in [0.2, 0.25) is 0 Å². The Bertz CT molecular complexity index is 1430. The number of nitrogens with two attached hydrogens (primary N) is 2. The number of nitrogens with one attached hydrogen (secondary N) is 1. The van der Waals surface area contributed by atoms with Gasteiger partial charge in [0.25, 0.3) is 5.91 Å². The second kappa shape index (κ2) is 12.8. The molecule has 11 heteroatoms. The number of methoxy groups -OCH3 is 1. The molecule has 5 rings (SSSR count). The Kier molecular flexibility index (Phi) is 8.76. The molecule has 0 unspecified atom stereocenters. The molecule has 5 N–H and O–H groups in total. The molecule has 11 nitrogen and oxygen atoms in total. The van der Waals surface area contributed by atoms with Crippen molar-refractivity contribution in [2.75, 3.05) is 18.6 Å². The van der Waals surface area contributed by atoms with Crippen LogP contribution < -0.4 is 21.1 Å². The van der Waals surface area contributed by atoms with E-state index in [4.69, 9.17) is 16.2 Å².